The number of amides is 1. The Balaban J connectivity index is 2.42. The first-order valence-corrected chi connectivity index (χ1v) is 7.90. The Kier molecular flexibility index (Phi) is 6.32. The third kappa shape index (κ3) is 7.42. The molecule has 0 unspecified atom stereocenters. The van der Waals surface area contributed by atoms with Crippen molar-refractivity contribution in [2.45, 2.75) is 25.3 Å². The van der Waals surface area contributed by atoms with E-state index in [9.17, 15) is 18.0 Å². The molecule has 116 valence electrons. The molecule has 0 aliphatic heterocycles. The average molecular weight is 315 g/mol. The number of hydrogen-bond acceptors (Lipinski definition) is 4. The second-order valence-corrected chi connectivity index (χ2v) is 6.04. The standard InChI is InChI=1S/C13H17NO6S/c15-12(8-4-7-10-5-2-1-3-6-10)14-11(13(16)17)9-21(18,19)20/h1-3,5-6,11H,4,7-9H2,(H,14,15)(H,16,17)(H,18,19,20)/t11-/m0/s1. The molecule has 3 N–H and O–H groups in total. The minimum Gasteiger partial charge on any atom is -0.480 e. The van der Waals surface area contributed by atoms with E-state index in [-0.39, 0.29) is 6.42 Å². The number of aliphatic carboxylic acids is 1. The van der Waals surface area contributed by atoms with Gasteiger partial charge >= 0.3 is 5.97 Å². The molecule has 1 amide bonds. The van der Waals surface area contributed by atoms with E-state index < -0.39 is 33.8 Å². The maximum absolute atomic E-state index is 11.6. The number of carbonyl (C=O) groups excluding carboxylic acids is 1. The summed E-state index contributed by atoms with van der Waals surface area (Å²) in [5, 5.41) is 10.9. The smallest absolute Gasteiger partial charge is 0.327 e. The van der Waals surface area contributed by atoms with Crippen molar-refractivity contribution in [3.05, 3.63) is 35.9 Å². The Morgan fingerprint density at radius 1 is 1.19 bits per heavy atom. The number of carboxylic acids is 1. The molecule has 0 saturated heterocycles. The molecule has 1 aromatic rings. The van der Waals surface area contributed by atoms with Crippen LogP contribution in [0.2, 0.25) is 0 Å². The van der Waals surface area contributed by atoms with Gasteiger partial charge in [-0.05, 0) is 18.4 Å². The Labute approximate surface area is 122 Å². The number of benzene rings is 1. The van der Waals surface area contributed by atoms with Crippen molar-refractivity contribution in [3.63, 3.8) is 0 Å². The molecule has 0 bridgehead atoms. The summed E-state index contributed by atoms with van der Waals surface area (Å²) in [5.74, 6) is -3.13. The summed E-state index contributed by atoms with van der Waals surface area (Å²) >= 11 is 0. The van der Waals surface area contributed by atoms with Gasteiger partial charge in [-0.2, -0.15) is 8.42 Å². The van der Waals surface area contributed by atoms with Gasteiger partial charge in [-0.15, -0.1) is 0 Å². The van der Waals surface area contributed by atoms with E-state index in [1.54, 1.807) is 0 Å². The second kappa shape index (κ2) is 7.75. The van der Waals surface area contributed by atoms with Gasteiger partial charge in [0.05, 0.1) is 0 Å². The average Bonchev–Trinajstić information content (AvgIpc) is 2.37. The van der Waals surface area contributed by atoms with Crippen molar-refractivity contribution in [2.75, 3.05) is 5.75 Å². The molecule has 0 aromatic heterocycles. The molecule has 0 saturated carbocycles. The predicted molar refractivity (Wildman–Crippen MR) is 75.4 cm³/mol. The fraction of sp³-hybridized carbons (Fsp3) is 0.385. The van der Waals surface area contributed by atoms with Gasteiger partial charge in [0.1, 0.15) is 11.8 Å². The zero-order valence-electron chi connectivity index (χ0n) is 11.2. The molecule has 8 heteroatoms. The Morgan fingerprint density at radius 2 is 1.81 bits per heavy atom. The lowest BCUT2D eigenvalue weighted by Gasteiger charge is -2.12. The van der Waals surface area contributed by atoms with Gasteiger partial charge in [-0.25, -0.2) is 4.79 Å². The number of carboxylic acid groups (broad SMARTS) is 1. The maximum Gasteiger partial charge on any atom is 0.327 e. The van der Waals surface area contributed by atoms with Crippen molar-refractivity contribution in [2.24, 2.45) is 0 Å². The summed E-state index contributed by atoms with van der Waals surface area (Å²) in [6.45, 7) is 0. The van der Waals surface area contributed by atoms with Crippen LogP contribution in [0.5, 0.6) is 0 Å². The van der Waals surface area contributed by atoms with Crippen LogP contribution in [0.25, 0.3) is 0 Å². The summed E-state index contributed by atoms with van der Waals surface area (Å²) in [7, 11) is -4.47. The van der Waals surface area contributed by atoms with E-state index in [1.165, 1.54) is 0 Å². The molecule has 1 aromatic carbocycles. The second-order valence-electron chi connectivity index (χ2n) is 4.55. The van der Waals surface area contributed by atoms with E-state index in [1.807, 2.05) is 30.3 Å². The molecular weight excluding hydrogens is 298 g/mol. The molecule has 1 rings (SSSR count). The number of carbonyl (C=O) groups is 2. The molecule has 1 atom stereocenters. The van der Waals surface area contributed by atoms with Crippen molar-refractivity contribution in [1.82, 2.24) is 5.32 Å². The van der Waals surface area contributed by atoms with Gasteiger partial charge in [-0.3, -0.25) is 9.35 Å². The predicted octanol–water partition coefficient (Wildman–Crippen LogP) is 0.466. The minimum absolute atomic E-state index is 0.0736. The molecule has 0 heterocycles. The molecule has 0 radical (unpaired) electrons. The summed E-state index contributed by atoms with van der Waals surface area (Å²) in [6, 6.07) is 7.81. The van der Waals surface area contributed by atoms with Gasteiger partial charge in [0.25, 0.3) is 10.1 Å². The van der Waals surface area contributed by atoms with Crippen LogP contribution in [-0.2, 0) is 26.1 Å². The number of rotatable bonds is 8. The van der Waals surface area contributed by atoms with Crippen molar-refractivity contribution in [1.29, 1.82) is 0 Å². The Hall–Kier alpha value is -1.93. The van der Waals surface area contributed by atoms with Crippen LogP contribution in [0.3, 0.4) is 0 Å². The van der Waals surface area contributed by atoms with Crippen LogP contribution in [0.1, 0.15) is 18.4 Å². The first-order chi connectivity index (χ1) is 9.78. The first-order valence-electron chi connectivity index (χ1n) is 6.29. The quantitative estimate of drug-likeness (QED) is 0.600. The molecule has 0 fully saturated rings. The topological polar surface area (TPSA) is 121 Å². The Morgan fingerprint density at radius 3 is 2.33 bits per heavy atom. The van der Waals surface area contributed by atoms with Crippen LogP contribution in [-0.4, -0.2) is 41.7 Å². The number of aryl methyl sites for hydroxylation is 1. The highest BCUT2D eigenvalue weighted by atomic mass is 32.2. The zero-order chi connectivity index (χ0) is 15.9. The van der Waals surface area contributed by atoms with Crippen LogP contribution in [0.4, 0.5) is 0 Å². The van der Waals surface area contributed by atoms with Crippen molar-refractivity contribution >= 4 is 22.0 Å². The van der Waals surface area contributed by atoms with Crippen LogP contribution in [0.15, 0.2) is 30.3 Å². The SMILES string of the molecule is O=C(CCCc1ccccc1)N[C@@H](CS(=O)(=O)O)C(=O)O. The van der Waals surface area contributed by atoms with Crippen LogP contribution >= 0.6 is 0 Å². The summed E-state index contributed by atoms with van der Waals surface area (Å²) in [5.41, 5.74) is 1.05. The normalized spacial score (nSPS) is 12.6. The third-order valence-electron chi connectivity index (χ3n) is 2.72. The largest absolute Gasteiger partial charge is 0.480 e. The van der Waals surface area contributed by atoms with Gasteiger partial charge in [0.2, 0.25) is 5.91 Å². The van der Waals surface area contributed by atoms with Crippen LogP contribution in [0, 0.1) is 0 Å². The number of hydrogen-bond donors (Lipinski definition) is 3. The van der Waals surface area contributed by atoms with Gasteiger partial charge < -0.3 is 10.4 Å². The molecule has 0 aliphatic rings. The summed E-state index contributed by atoms with van der Waals surface area (Å²) in [4.78, 5) is 22.4. The van der Waals surface area contributed by atoms with E-state index in [0.29, 0.717) is 12.8 Å². The van der Waals surface area contributed by atoms with E-state index >= 15 is 0 Å². The monoisotopic (exact) mass is 315 g/mol. The molecule has 7 nitrogen and oxygen atoms in total. The van der Waals surface area contributed by atoms with E-state index in [2.05, 4.69) is 5.32 Å². The maximum atomic E-state index is 11.6. The molecule has 0 aliphatic carbocycles. The van der Waals surface area contributed by atoms with Crippen LogP contribution < -0.4 is 5.32 Å². The fourth-order valence-electron chi connectivity index (χ4n) is 1.75. The fourth-order valence-corrected chi connectivity index (χ4v) is 2.40. The van der Waals surface area contributed by atoms with E-state index in [4.69, 9.17) is 9.66 Å². The zero-order valence-corrected chi connectivity index (χ0v) is 12.0. The van der Waals surface area contributed by atoms with Gasteiger partial charge in [0, 0.05) is 6.42 Å². The highest BCUT2D eigenvalue weighted by Crippen LogP contribution is 2.04. The lowest BCUT2D eigenvalue weighted by atomic mass is 10.1. The first kappa shape index (κ1) is 17.1. The van der Waals surface area contributed by atoms with Crippen molar-refractivity contribution < 1.29 is 27.7 Å². The summed E-state index contributed by atoms with van der Waals surface area (Å²) < 4.78 is 30.0. The lowest BCUT2D eigenvalue weighted by Crippen LogP contribution is -2.45. The molecule has 21 heavy (non-hydrogen) atoms. The van der Waals surface area contributed by atoms with Gasteiger partial charge in [0.15, 0.2) is 0 Å². The highest BCUT2D eigenvalue weighted by Gasteiger charge is 2.25. The molecule has 0 spiro atoms. The van der Waals surface area contributed by atoms with E-state index in [0.717, 1.165) is 5.56 Å². The molecular formula is C13H17NO6S. The number of nitrogens with one attached hydrogen (secondary N) is 1. The van der Waals surface area contributed by atoms with Gasteiger partial charge in [-0.1, -0.05) is 30.3 Å². The third-order valence-corrected chi connectivity index (χ3v) is 3.48. The summed E-state index contributed by atoms with van der Waals surface area (Å²) in [6.07, 6.45) is 1.24. The Bertz CT molecular complexity index is 584. The van der Waals surface area contributed by atoms with Crippen molar-refractivity contribution in [3.8, 4) is 0 Å². The lowest BCUT2D eigenvalue weighted by molar-refractivity contribution is -0.141. The minimum atomic E-state index is -4.47. The highest BCUT2D eigenvalue weighted by molar-refractivity contribution is 7.85.